The highest BCUT2D eigenvalue weighted by Gasteiger charge is 2.33. The fraction of sp³-hybridized carbons (Fsp3) is 0.333. The van der Waals surface area contributed by atoms with E-state index in [1.165, 1.54) is 4.90 Å². The maximum atomic E-state index is 12.7. The molecule has 2 aromatic rings. The van der Waals surface area contributed by atoms with Gasteiger partial charge in [-0.15, -0.1) is 0 Å². The van der Waals surface area contributed by atoms with Crippen molar-refractivity contribution in [1.29, 1.82) is 0 Å². The van der Waals surface area contributed by atoms with Crippen LogP contribution in [-0.2, 0) is 9.84 Å². The number of pyridine rings is 1. The second-order valence-corrected chi connectivity index (χ2v) is 8.40. The van der Waals surface area contributed by atoms with Crippen molar-refractivity contribution in [2.24, 2.45) is 0 Å². The monoisotopic (exact) mass is 344 g/mol. The molecular formula is C18H20N2O3S. The summed E-state index contributed by atoms with van der Waals surface area (Å²) in [5.41, 5.74) is 2.97. The molecule has 0 saturated carbocycles. The van der Waals surface area contributed by atoms with Crippen LogP contribution in [0.25, 0.3) is 11.3 Å². The standard InChI is InChI=1S/C18H20N2O3S/c1-13-16(8-9-17(19-13)14-6-4-3-5-7-14)18(21)20(2)15-10-11-24(22,23)12-15/h3-9,15H,10-12H2,1-2H3. The second kappa shape index (κ2) is 6.36. The van der Waals surface area contributed by atoms with Gasteiger partial charge in [-0.3, -0.25) is 9.78 Å². The Hall–Kier alpha value is -2.21. The number of hydrogen-bond acceptors (Lipinski definition) is 4. The summed E-state index contributed by atoms with van der Waals surface area (Å²) < 4.78 is 23.2. The maximum absolute atomic E-state index is 12.7. The van der Waals surface area contributed by atoms with Gasteiger partial charge in [0.15, 0.2) is 9.84 Å². The van der Waals surface area contributed by atoms with Gasteiger partial charge in [0.25, 0.3) is 5.91 Å². The summed E-state index contributed by atoms with van der Waals surface area (Å²) in [6.07, 6.45) is 0.499. The predicted molar refractivity (Wildman–Crippen MR) is 93.6 cm³/mol. The average molecular weight is 344 g/mol. The molecule has 3 rings (SSSR count). The van der Waals surface area contributed by atoms with E-state index in [2.05, 4.69) is 4.98 Å². The molecule has 24 heavy (non-hydrogen) atoms. The molecule has 1 saturated heterocycles. The Morgan fingerprint density at radius 1 is 1.17 bits per heavy atom. The van der Waals surface area contributed by atoms with E-state index in [-0.39, 0.29) is 23.5 Å². The quantitative estimate of drug-likeness (QED) is 0.857. The fourth-order valence-corrected chi connectivity index (χ4v) is 4.77. The number of rotatable bonds is 3. The first-order valence-electron chi connectivity index (χ1n) is 7.88. The molecule has 1 aromatic heterocycles. The Morgan fingerprint density at radius 3 is 2.46 bits per heavy atom. The lowest BCUT2D eigenvalue weighted by molar-refractivity contribution is 0.0746. The molecule has 6 heteroatoms. The minimum Gasteiger partial charge on any atom is -0.338 e. The van der Waals surface area contributed by atoms with Crippen LogP contribution in [0.15, 0.2) is 42.5 Å². The van der Waals surface area contributed by atoms with E-state index in [9.17, 15) is 13.2 Å². The third-order valence-electron chi connectivity index (χ3n) is 4.46. The molecule has 5 nitrogen and oxygen atoms in total. The van der Waals surface area contributed by atoms with Gasteiger partial charge in [-0.05, 0) is 25.5 Å². The SMILES string of the molecule is Cc1nc(-c2ccccc2)ccc1C(=O)N(C)C1CCS(=O)(=O)C1. The number of nitrogens with zero attached hydrogens (tertiary/aromatic N) is 2. The molecule has 0 N–H and O–H groups in total. The van der Waals surface area contributed by atoms with E-state index in [4.69, 9.17) is 0 Å². The summed E-state index contributed by atoms with van der Waals surface area (Å²) in [6, 6.07) is 13.1. The van der Waals surface area contributed by atoms with E-state index in [0.717, 1.165) is 11.3 Å². The largest absolute Gasteiger partial charge is 0.338 e. The zero-order valence-corrected chi connectivity index (χ0v) is 14.6. The number of carbonyl (C=O) groups is 1. The highest BCUT2D eigenvalue weighted by Crippen LogP contribution is 2.22. The molecule has 1 unspecified atom stereocenters. The van der Waals surface area contributed by atoms with Gasteiger partial charge in [0.05, 0.1) is 28.5 Å². The summed E-state index contributed by atoms with van der Waals surface area (Å²) in [6.45, 7) is 1.80. The van der Waals surface area contributed by atoms with Gasteiger partial charge in [0, 0.05) is 18.7 Å². The molecule has 1 aliphatic heterocycles. The molecule has 1 aliphatic rings. The molecule has 0 aliphatic carbocycles. The summed E-state index contributed by atoms with van der Waals surface area (Å²) in [4.78, 5) is 18.8. The van der Waals surface area contributed by atoms with E-state index >= 15 is 0 Å². The van der Waals surface area contributed by atoms with Crippen LogP contribution >= 0.6 is 0 Å². The van der Waals surface area contributed by atoms with Crippen LogP contribution in [0, 0.1) is 6.92 Å². The van der Waals surface area contributed by atoms with E-state index in [1.807, 2.05) is 36.4 Å². The molecular weight excluding hydrogens is 324 g/mol. The van der Waals surface area contributed by atoms with Gasteiger partial charge in [-0.1, -0.05) is 30.3 Å². The first-order valence-corrected chi connectivity index (χ1v) is 9.70. The zero-order chi connectivity index (χ0) is 17.3. The van der Waals surface area contributed by atoms with Gasteiger partial charge in [0.2, 0.25) is 0 Å². The van der Waals surface area contributed by atoms with Crippen molar-refractivity contribution in [1.82, 2.24) is 9.88 Å². The van der Waals surface area contributed by atoms with Gasteiger partial charge < -0.3 is 4.90 Å². The molecule has 1 fully saturated rings. The van der Waals surface area contributed by atoms with E-state index in [0.29, 0.717) is 17.7 Å². The van der Waals surface area contributed by atoms with Crippen LogP contribution in [0.3, 0.4) is 0 Å². The number of benzene rings is 1. The molecule has 2 heterocycles. The van der Waals surface area contributed by atoms with Gasteiger partial charge in [-0.2, -0.15) is 0 Å². The average Bonchev–Trinajstić information content (AvgIpc) is 2.94. The number of amides is 1. The zero-order valence-electron chi connectivity index (χ0n) is 13.8. The highest BCUT2D eigenvalue weighted by molar-refractivity contribution is 7.91. The summed E-state index contributed by atoms with van der Waals surface area (Å²) in [5.74, 6) is 0.0187. The van der Waals surface area contributed by atoms with Gasteiger partial charge in [0.1, 0.15) is 0 Å². The molecule has 0 spiro atoms. The van der Waals surface area contributed by atoms with Gasteiger partial charge >= 0.3 is 0 Å². The van der Waals surface area contributed by atoms with Crippen molar-refractivity contribution in [3.05, 3.63) is 53.7 Å². The second-order valence-electron chi connectivity index (χ2n) is 6.17. The van der Waals surface area contributed by atoms with Crippen LogP contribution in [0.5, 0.6) is 0 Å². The number of carbonyl (C=O) groups excluding carboxylic acids is 1. The number of aromatic nitrogens is 1. The van der Waals surface area contributed by atoms with Crippen molar-refractivity contribution in [3.8, 4) is 11.3 Å². The van der Waals surface area contributed by atoms with Crippen LogP contribution in [0.1, 0.15) is 22.5 Å². The molecule has 1 amide bonds. The molecule has 0 bridgehead atoms. The Balaban J connectivity index is 1.83. The molecule has 1 atom stereocenters. The van der Waals surface area contributed by atoms with Crippen molar-refractivity contribution in [2.45, 2.75) is 19.4 Å². The van der Waals surface area contributed by atoms with Crippen molar-refractivity contribution in [2.75, 3.05) is 18.6 Å². The number of aryl methyl sites for hydroxylation is 1. The lowest BCUT2D eigenvalue weighted by atomic mass is 10.1. The van der Waals surface area contributed by atoms with Crippen molar-refractivity contribution < 1.29 is 13.2 Å². The van der Waals surface area contributed by atoms with E-state index in [1.54, 1.807) is 20.0 Å². The Bertz CT molecular complexity index is 863. The smallest absolute Gasteiger partial charge is 0.255 e. The summed E-state index contributed by atoms with van der Waals surface area (Å²) in [7, 11) is -1.35. The lowest BCUT2D eigenvalue weighted by Crippen LogP contribution is -2.38. The molecule has 126 valence electrons. The predicted octanol–water partition coefficient (Wildman–Crippen LogP) is 2.32. The normalized spacial score (nSPS) is 19.2. The topological polar surface area (TPSA) is 67.3 Å². The maximum Gasteiger partial charge on any atom is 0.255 e. The van der Waals surface area contributed by atoms with Crippen LogP contribution in [0.4, 0.5) is 0 Å². The summed E-state index contributed by atoms with van der Waals surface area (Å²) >= 11 is 0. The molecule has 0 radical (unpaired) electrons. The van der Waals surface area contributed by atoms with E-state index < -0.39 is 9.84 Å². The van der Waals surface area contributed by atoms with Crippen LogP contribution in [-0.4, -0.2) is 48.8 Å². The Morgan fingerprint density at radius 2 is 1.88 bits per heavy atom. The minimum atomic E-state index is -3.02. The Kier molecular flexibility index (Phi) is 4.41. The van der Waals surface area contributed by atoms with Crippen LogP contribution in [0.2, 0.25) is 0 Å². The van der Waals surface area contributed by atoms with Crippen molar-refractivity contribution >= 4 is 15.7 Å². The highest BCUT2D eigenvalue weighted by atomic mass is 32.2. The lowest BCUT2D eigenvalue weighted by Gasteiger charge is -2.24. The Labute approximate surface area is 142 Å². The third kappa shape index (κ3) is 3.33. The van der Waals surface area contributed by atoms with Crippen LogP contribution < -0.4 is 0 Å². The van der Waals surface area contributed by atoms with Gasteiger partial charge in [-0.25, -0.2) is 8.42 Å². The minimum absolute atomic E-state index is 0.0455. The number of sulfone groups is 1. The first kappa shape index (κ1) is 16.6. The third-order valence-corrected chi connectivity index (χ3v) is 6.21. The first-order chi connectivity index (χ1) is 11.4. The van der Waals surface area contributed by atoms with Crippen molar-refractivity contribution in [3.63, 3.8) is 0 Å². The number of hydrogen-bond donors (Lipinski definition) is 0. The molecule has 1 aromatic carbocycles. The summed E-state index contributed by atoms with van der Waals surface area (Å²) in [5, 5.41) is 0. The fourth-order valence-electron chi connectivity index (χ4n) is 2.99.